The molecule has 98 valence electrons. The predicted molar refractivity (Wildman–Crippen MR) is 73.7 cm³/mol. The molecule has 0 aromatic heterocycles. The van der Waals surface area contributed by atoms with E-state index in [4.69, 9.17) is 0 Å². The standard InChI is InChI=1S/C14H26N2O/c1-6-8-14(15-13(4)17)10-9-12(3)16(5)11-7-2/h8-10,12H,6-7,11H2,1-5H3,(H,15,17)/b10-9-,14-8+. The summed E-state index contributed by atoms with van der Waals surface area (Å²) in [5.74, 6) is -0.0242. The molecule has 0 heterocycles. The highest BCUT2D eigenvalue weighted by Crippen LogP contribution is 2.02. The monoisotopic (exact) mass is 238 g/mol. The van der Waals surface area contributed by atoms with Gasteiger partial charge >= 0.3 is 0 Å². The van der Waals surface area contributed by atoms with Crippen LogP contribution in [-0.4, -0.2) is 30.4 Å². The van der Waals surface area contributed by atoms with Crippen molar-refractivity contribution >= 4 is 5.91 Å². The molecule has 0 aromatic rings. The molecule has 1 N–H and O–H groups in total. The normalized spacial score (nSPS) is 14.4. The van der Waals surface area contributed by atoms with Gasteiger partial charge in [0.15, 0.2) is 0 Å². The Morgan fingerprint density at radius 3 is 2.53 bits per heavy atom. The summed E-state index contributed by atoms with van der Waals surface area (Å²) in [6, 6.07) is 0.379. The summed E-state index contributed by atoms with van der Waals surface area (Å²) in [5.41, 5.74) is 0.886. The lowest BCUT2D eigenvalue weighted by Gasteiger charge is -2.21. The van der Waals surface area contributed by atoms with Crippen molar-refractivity contribution < 1.29 is 4.79 Å². The average molecular weight is 238 g/mol. The third-order valence-corrected chi connectivity index (χ3v) is 2.57. The Morgan fingerprint density at radius 1 is 1.41 bits per heavy atom. The molecule has 3 heteroatoms. The second-order valence-electron chi connectivity index (χ2n) is 4.33. The van der Waals surface area contributed by atoms with Crippen molar-refractivity contribution in [3.63, 3.8) is 0 Å². The molecule has 0 aromatic carbocycles. The van der Waals surface area contributed by atoms with Gasteiger partial charge in [-0.15, -0.1) is 0 Å². The highest BCUT2D eigenvalue weighted by atomic mass is 16.1. The summed E-state index contributed by atoms with van der Waals surface area (Å²) in [6.45, 7) is 9.00. The number of nitrogens with one attached hydrogen (secondary N) is 1. The summed E-state index contributed by atoms with van der Waals surface area (Å²) in [4.78, 5) is 13.3. The second kappa shape index (κ2) is 8.99. The Bertz CT molecular complexity index is 282. The topological polar surface area (TPSA) is 32.3 Å². The molecule has 1 amide bonds. The average Bonchev–Trinajstić information content (AvgIpc) is 2.25. The van der Waals surface area contributed by atoms with Gasteiger partial charge in [0, 0.05) is 18.7 Å². The lowest BCUT2D eigenvalue weighted by Crippen LogP contribution is -2.28. The lowest BCUT2D eigenvalue weighted by atomic mass is 10.2. The van der Waals surface area contributed by atoms with E-state index in [0.717, 1.165) is 25.1 Å². The van der Waals surface area contributed by atoms with Crippen molar-refractivity contribution in [1.82, 2.24) is 10.2 Å². The molecule has 1 atom stereocenters. The van der Waals surface area contributed by atoms with Crippen LogP contribution >= 0.6 is 0 Å². The number of carbonyl (C=O) groups is 1. The van der Waals surface area contributed by atoms with Gasteiger partial charge in [-0.2, -0.15) is 0 Å². The van der Waals surface area contributed by atoms with E-state index in [1.165, 1.54) is 6.92 Å². The number of hydrogen-bond acceptors (Lipinski definition) is 2. The van der Waals surface area contributed by atoms with Crippen LogP contribution in [0.15, 0.2) is 23.9 Å². The van der Waals surface area contributed by atoms with Gasteiger partial charge in [-0.1, -0.05) is 26.0 Å². The minimum atomic E-state index is -0.0242. The zero-order valence-electron chi connectivity index (χ0n) is 11.8. The van der Waals surface area contributed by atoms with Crippen LogP contribution in [0.4, 0.5) is 0 Å². The number of likely N-dealkylation sites (N-methyl/N-ethyl adjacent to an activating group) is 1. The third-order valence-electron chi connectivity index (χ3n) is 2.57. The Kier molecular flexibility index (Phi) is 8.42. The molecule has 0 rings (SSSR count). The first kappa shape index (κ1) is 15.9. The van der Waals surface area contributed by atoms with Crippen molar-refractivity contribution in [2.75, 3.05) is 13.6 Å². The fraction of sp³-hybridized carbons (Fsp3) is 0.643. The molecule has 0 spiro atoms. The molecule has 17 heavy (non-hydrogen) atoms. The Morgan fingerprint density at radius 2 is 2.06 bits per heavy atom. The molecule has 3 nitrogen and oxygen atoms in total. The largest absolute Gasteiger partial charge is 0.327 e. The number of amides is 1. The smallest absolute Gasteiger partial charge is 0.221 e. The lowest BCUT2D eigenvalue weighted by molar-refractivity contribution is -0.118. The molecule has 0 aliphatic heterocycles. The van der Waals surface area contributed by atoms with Crippen LogP contribution < -0.4 is 5.32 Å². The number of nitrogens with zero attached hydrogens (tertiary/aromatic N) is 1. The fourth-order valence-corrected chi connectivity index (χ4v) is 1.53. The maximum atomic E-state index is 11.0. The van der Waals surface area contributed by atoms with Gasteiger partial charge in [0.1, 0.15) is 0 Å². The maximum Gasteiger partial charge on any atom is 0.221 e. The first-order valence-electron chi connectivity index (χ1n) is 6.37. The van der Waals surface area contributed by atoms with Crippen LogP contribution in [0.1, 0.15) is 40.5 Å². The Balaban J connectivity index is 4.43. The molecular formula is C14H26N2O. The highest BCUT2D eigenvalue weighted by molar-refractivity contribution is 5.75. The molecule has 0 radical (unpaired) electrons. The van der Waals surface area contributed by atoms with Crippen molar-refractivity contribution in [1.29, 1.82) is 0 Å². The van der Waals surface area contributed by atoms with Crippen LogP contribution in [0.2, 0.25) is 0 Å². The maximum absolute atomic E-state index is 11.0. The number of carbonyl (C=O) groups excluding carboxylic acids is 1. The molecule has 0 aliphatic rings. The molecule has 1 unspecified atom stereocenters. The van der Waals surface area contributed by atoms with E-state index >= 15 is 0 Å². The van der Waals surface area contributed by atoms with Crippen molar-refractivity contribution in [3.05, 3.63) is 23.9 Å². The first-order chi connectivity index (χ1) is 8.01. The Labute approximate surface area is 106 Å². The summed E-state index contributed by atoms with van der Waals surface area (Å²) >= 11 is 0. The fourth-order valence-electron chi connectivity index (χ4n) is 1.53. The van der Waals surface area contributed by atoms with E-state index in [1.54, 1.807) is 0 Å². The summed E-state index contributed by atoms with van der Waals surface area (Å²) in [7, 11) is 2.11. The van der Waals surface area contributed by atoms with Gasteiger partial charge in [0.25, 0.3) is 0 Å². The molecule has 0 bridgehead atoms. The van der Waals surface area contributed by atoms with E-state index in [-0.39, 0.29) is 5.91 Å². The minimum absolute atomic E-state index is 0.0242. The van der Waals surface area contributed by atoms with Gasteiger partial charge in [0.05, 0.1) is 0 Å². The predicted octanol–water partition coefficient (Wildman–Crippen LogP) is 2.70. The van der Waals surface area contributed by atoms with Crippen LogP contribution in [0.3, 0.4) is 0 Å². The van der Waals surface area contributed by atoms with E-state index in [2.05, 4.69) is 44.1 Å². The number of rotatable bonds is 7. The van der Waals surface area contributed by atoms with E-state index < -0.39 is 0 Å². The van der Waals surface area contributed by atoms with Gasteiger partial charge in [-0.3, -0.25) is 4.79 Å². The second-order valence-corrected chi connectivity index (χ2v) is 4.33. The highest BCUT2D eigenvalue weighted by Gasteiger charge is 2.03. The van der Waals surface area contributed by atoms with Crippen molar-refractivity contribution in [2.24, 2.45) is 0 Å². The van der Waals surface area contributed by atoms with Crippen molar-refractivity contribution in [2.45, 2.75) is 46.6 Å². The van der Waals surface area contributed by atoms with Crippen LogP contribution in [-0.2, 0) is 4.79 Å². The van der Waals surface area contributed by atoms with Gasteiger partial charge in [0.2, 0.25) is 5.91 Å². The SMILES string of the molecule is CC/C=C(\C=C/C(C)N(C)CCC)NC(C)=O. The zero-order valence-corrected chi connectivity index (χ0v) is 11.8. The molecule has 0 saturated heterocycles. The number of hydrogen-bond donors (Lipinski definition) is 1. The summed E-state index contributed by atoms with van der Waals surface area (Å²) in [5, 5.41) is 2.82. The first-order valence-corrected chi connectivity index (χ1v) is 6.37. The van der Waals surface area contributed by atoms with E-state index in [0.29, 0.717) is 6.04 Å². The van der Waals surface area contributed by atoms with Gasteiger partial charge in [-0.25, -0.2) is 0 Å². The number of allylic oxidation sites excluding steroid dienone is 2. The zero-order chi connectivity index (χ0) is 13.3. The van der Waals surface area contributed by atoms with Crippen molar-refractivity contribution in [3.8, 4) is 0 Å². The Hall–Kier alpha value is -1.09. The quantitative estimate of drug-likeness (QED) is 0.692. The molecule has 0 aliphatic carbocycles. The van der Waals surface area contributed by atoms with Crippen LogP contribution in [0, 0.1) is 0 Å². The summed E-state index contributed by atoms with van der Waals surface area (Å²) in [6.07, 6.45) is 8.19. The summed E-state index contributed by atoms with van der Waals surface area (Å²) < 4.78 is 0. The molecule has 0 fully saturated rings. The van der Waals surface area contributed by atoms with E-state index in [1.807, 2.05) is 12.2 Å². The minimum Gasteiger partial charge on any atom is -0.327 e. The van der Waals surface area contributed by atoms with Gasteiger partial charge in [-0.05, 0) is 39.4 Å². The molecular weight excluding hydrogens is 212 g/mol. The van der Waals surface area contributed by atoms with E-state index in [9.17, 15) is 4.79 Å². The van der Waals surface area contributed by atoms with Crippen LogP contribution in [0.25, 0.3) is 0 Å². The third kappa shape index (κ3) is 7.75. The van der Waals surface area contributed by atoms with Gasteiger partial charge < -0.3 is 10.2 Å². The molecule has 0 saturated carbocycles. The van der Waals surface area contributed by atoms with Crippen LogP contribution in [0.5, 0.6) is 0 Å².